The van der Waals surface area contributed by atoms with Crippen LogP contribution in [0.3, 0.4) is 0 Å². The normalized spacial score (nSPS) is 39.8. The predicted molar refractivity (Wildman–Crippen MR) is 77.0 cm³/mol. The number of rotatable bonds is 2. The van der Waals surface area contributed by atoms with Crippen LogP contribution in [-0.4, -0.2) is 40.8 Å². The summed E-state index contributed by atoms with van der Waals surface area (Å²) in [6.07, 6.45) is 8.50. The number of aliphatic imine (C=N–C) groups is 1. The maximum atomic E-state index is 11.3. The molecule has 6 nitrogen and oxygen atoms in total. The van der Waals surface area contributed by atoms with Crippen LogP contribution in [-0.2, 0) is 4.79 Å². The van der Waals surface area contributed by atoms with Crippen molar-refractivity contribution in [3.05, 3.63) is 23.9 Å². The van der Waals surface area contributed by atoms with Gasteiger partial charge in [0.25, 0.3) is 0 Å². The van der Waals surface area contributed by atoms with E-state index in [1.807, 2.05) is 4.90 Å². The van der Waals surface area contributed by atoms with Crippen LogP contribution < -0.4 is 11.1 Å². The number of fused-ring (bicyclic) bond motifs is 3. The zero-order chi connectivity index (χ0) is 14.6. The van der Waals surface area contributed by atoms with Crippen molar-refractivity contribution in [3.8, 4) is 6.07 Å². The number of amides is 1. The molecule has 4 aliphatic rings. The largest absolute Gasteiger partial charge is 0.366 e. The van der Waals surface area contributed by atoms with E-state index in [4.69, 9.17) is 10.7 Å². The van der Waals surface area contributed by atoms with E-state index in [1.54, 1.807) is 18.4 Å². The average Bonchev–Trinajstić information content (AvgIpc) is 3.19. The summed E-state index contributed by atoms with van der Waals surface area (Å²) in [5.41, 5.74) is 5.06. The molecule has 108 valence electrons. The first-order chi connectivity index (χ1) is 10.1. The van der Waals surface area contributed by atoms with Crippen LogP contribution >= 0.6 is 0 Å². The summed E-state index contributed by atoms with van der Waals surface area (Å²) in [6, 6.07) is 3.39. The SMILES string of the molecule is N#CC1(C2CC3CCC2N3)CN2C=C(C(N)=O)C=CC2=N1. The van der Waals surface area contributed by atoms with Gasteiger partial charge < -0.3 is 16.0 Å². The van der Waals surface area contributed by atoms with Crippen molar-refractivity contribution < 1.29 is 4.79 Å². The molecule has 0 saturated carbocycles. The van der Waals surface area contributed by atoms with Crippen LogP contribution in [0.25, 0.3) is 0 Å². The molecule has 0 radical (unpaired) electrons. The van der Waals surface area contributed by atoms with Crippen molar-refractivity contribution in [1.29, 1.82) is 5.26 Å². The highest BCUT2D eigenvalue weighted by Gasteiger charge is 2.54. The van der Waals surface area contributed by atoms with Crippen LogP contribution in [0, 0.1) is 17.2 Å². The number of primary amides is 1. The summed E-state index contributed by atoms with van der Waals surface area (Å²) in [7, 11) is 0. The smallest absolute Gasteiger partial charge is 0.250 e. The zero-order valence-electron chi connectivity index (χ0n) is 11.6. The van der Waals surface area contributed by atoms with E-state index in [-0.39, 0.29) is 5.92 Å². The van der Waals surface area contributed by atoms with Gasteiger partial charge in [-0.3, -0.25) is 4.79 Å². The molecule has 4 atom stereocenters. The van der Waals surface area contributed by atoms with Crippen LogP contribution in [0.5, 0.6) is 0 Å². The number of carbonyl (C=O) groups excluding carboxylic acids is 1. The number of carbonyl (C=O) groups is 1. The molecule has 0 aliphatic carbocycles. The van der Waals surface area contributed by atoms with Gasteiger partial charge in [-0.2, -0.15) is 5.26 Å². The molecular weight excluding hydrogens is 266 g/mol. The molecule has 4 aliphatic heterocycles. The van der Waals surface area contributed by atoms with Crippen molar-refractivity contribution in [3.63, 3.8) is 0 Å². The minimum absolute atomic E-state index is 0.248. The van der Waals surface area contributed by atoms with Gasteiger partial charge in [0.15, 0.2) is 5.54 Å². The van der Waals surface area contributed by atoms with Gasteiger partial charge in [0.1, 0.15) is 5.84 Å². The van der Waals surface area contributed by atoms with E-state index in [9.17, 15) is 10.1 Å². The quantitative estimate of drug-likeness (QED) is 0.748. The van der Waals surface area contributed by atoms with Gasteiger partial charge in [0, 0.05) is 24.2 Å². The highest BCUT2D eigenvalue weighted by molar-refractivity contribution is 6.03. The third-order valence-electron chi connectivity index (χ3n) is 5.12. The Bertz CT molecular complexity index is 643. The number of nitrogens with one attached hydrogen (secondary N) is 1. The highest BCUT2D eigenvalue weighted by atomic mass is 16.1. The van der Waals surface area contributed by atoms with Gasteiger partial charge in [0.05, 0.1) is 18.2 Å². The average molecular weight is 283 g/mol. The Morgan fingerprint density at radius 3 is 3.00 bits per heavy atom. The Balaban J connectivity index is 1.66. The van der Waals surface area contributed by atoms with Crippen molar-refractivity contribution >= 4 is 11.7 Å². The number of amidine groups is 1. The van der Waals surface area contributed by atoms with E-state index in [0.29, 0.717) is 24.2 Å². The Morgan fingerprint density at radius 2 is 2.38 bits per heavy atom. The molecular formula is C15H17N5O. The molecule has 2 saturated heterocycles. The molecule has 6 heteroatoms. The molecule has 4 unspecified atom stereocenters. The summed E-state index contributed by atoms with van der Waals surface area (Å²) in [5.74, 6) is 0.545. The molecule has 4 rings (SSSR count). The molecule has 0 aromatic rings. The Morgan fingerprint density at radius 1 is 1.52 bits per heavy atom. The van der Waals surface area contributed by atoms with Crippen LogP contribution in [0.1, 0.15) is 19.3 Å². The lowest BCUT2D eigenvalue weighted by Crippen LogP contribution is -2.45. The van der Waals surface area contributed by atoms with Crippen LogP contribution in [0.15, 0.2) is 28.9 Å². The number of hydrogen-bond acceptors (Lipinski definition) is 5. The molecule has 1 amide bonds. The van der Waals surface area contributed by atoms with Crippen molar-refractivity contribution in [2.45, 2.75) is 36.9 Å². The minimum atomic E-state index is -0.712. The fraction of sp³-hybridized carbons (Fsp3) is 0.533. The first-order valence-corrected chi connectivity index (χ1v) is 7.35. The highest BCUT2D eigenvalue weighted by Crippen LogP contribution is 2.43. The van der Waals surface area contributed by atoms with Gasteiger partial charge in [-0.1, -0.05) is 0 Å². The summed E-state index contributed by atoms with van der Waals surface area (Å²) < 4.78 is 0. The van der Waals surface area contributed by atoms with Crippen molar-refractivity contribution in [1.82, 2.24) is 10.2 Å². The number of nitrogens with two attached hydrogens (primary N) is 1. The Hall–Kier alpha value is -2.13. The predicted octanol–water partition coefficient (Wildman–Crippen LogP) is 0.0424. The first kappa shape index (κ1) is 12.6. The lowest BCUT2D eigenvalue weighted by molar-refractivity contribution is -0.114. The van der Waals surface area contributed by atoms with Gasteiger partial charge in [-0.25, -0.2) is 4.99 Å². The number of hydrogen-bond donors (Lipinski definition) is 2. The summed E-state index contributed by atoms with van der Waals surface area (Å²) >= 11 is 0. The van der Waals surface area contributed by atoms with E-state index in [1.165, 1.54) is 6.42 Å². The van der Waals surface area contributed by atoms with E-state index in [2.05, 4.69) is 11.4 Å². The Kier molecular flexibility index (Phi) is 2.51. The summed E-state index contributed by atoms with van der Waals surface area (Å²) in [6.45, 7) is 0.509. The van der Waals surface area contributed by atoms with Gasteiger partial charge >= 0.3 is 0 Å². The van der Waals surface area contributed by atoms with Gasteiger partial charge in [0.2, 0.25) is 5.91 Å². The van der Waals surface area contributed by atoms with E-state index >= 15 is 0 Å². The summed E-state index contributed by atoms with van der Waals surface area (Å²) in [5, 5.41) is 13.4. The fourth-order valence-electron chi connectivity index (χ4n) is 4.11. The number of nitrogens with zero attached hydrogens (tertiary/aromatic N) is 3. The molecule has 2 fully saturated rings. The van der Waals surface area contributed by atoms with Crippen LogP contribution in [0.4, 0.5) is 0 Å². The van der Waals surface area contributed by atoms with E-state index < -0.39 is 11.4 Å². The maximum Gasteiger partial charge on any atom is 0.250 e. The molecule has 0 aromatic heterocycles. The maximum absolute atomic E-state index is 11.3. The number of nitriles is 1. The monoisotopic (exact) mass is 283 g/mol. The lowest BCUT2D eigenvalue weighted by atomic mass is 9.75. The molecule has 0 aromatic carbocycles. The minimum Gasteiger partial charge on any atom is -0.366 e. The third kappa shape index (κ3) is 1.74. The van der Waals surface area contributed by atoms with E-state index in [0.717, 1.165) is 18.7 Å². The molecule has 2 bridgehead atoms. The fourth-order valence-corrected chi connectivity index (χ4v) is 4.11. The Labute approximate surface area is 123 Å². The lowest BCUT2D eigenvalue weighted by Gasteiger charge is -2.31. The molecule has 0 spiro atoms. The second-order valence-electron chi connectivity index (χ2n) is 6.31. The van der Waals surface area contributed by atoms with Crippen molar-refractivity contribution in [2.75, 3.05) is 6.54 Å². The topological polar surface area (TPSA) is 94.5 Å². The standard InChI is InChI=1S/C15H17N5O/c16-7-15(11-5-10-2-3-12(11)18-10)8-20-6-9(14(17)21)1-4-13(20)19-15/h1,4,6,10-12,18H,2-3,5,8H2,(H2,17,21). The molecule has 21 heavy (non-hydrogen) atoms. The third-order valence-corrected chi connectivity index (χ3v) is 5.12. The van der Waals surface area contributed by atoms with Crippen molar-refractivity contribution in [2.24, 2.45) is 16.6 Å². The van der Waals surface area contributed by atoms with Gasteiger partial charge in [-0.05, 0) is 31.4 Å². The van der Waals surface area contributed by atoms with Crippen LogP contribution in [0.2, 0.25) is 0 Å². The zero-order valence-corrected chi connectivity index (χ0v) is 11.6. The molecule has 4 heterocycles. The second kappa shape index (κ2) is 4.18. The first-order valence-electron chi connectivity index (χ1n) is 7.35. The second-order valence-corrected chi connectivity index (χ2v) is 6.31. The van der Waals surface area contributed by atoms with Gasteiger partial charge in [-0.15, -0.1) is 0 Å². The summed E-state index contributed by atoms with van der Waals surface area (Å²) in [4.78, 5) is 17.9. The molecule has 3 N–H and O–H groups in total.